The Hall–Kier alpha value is -0.650. The Kier molecular flexibility index (Phi) is 7.23. The molecule has 1 unspecified atom stereocenters. The van der Waals surface area contributed by atoms with Gasteiger partial charge >= 0.3 is 5.97 Å². The van der Waals surface area contributed by atoms with E-state index in [-0.39, 0.29) is 12.5 Å². The number of carboxylic acid groups (broad SMARTS) is 1. The topological polar surface area (TPSA) is 59.0 Å². The number of carbonyl (C=O) groups is 1. The van der Waals surface area contributed by atoms with Gasteiger partial charge in [-0.2, -0.15) is 0 Å². The van der Waals surface area contributed by atoms with Gasteiger partial charge in [0.1, 0.15) is 0 Å². The van der Waals surface area contributed by atoms with E-state index in [4.69, 9.17) is 14.6 Å². The number of methoxy groups -OCH3 is 1. The highest BCUT2D eigenvalue weighted by atomic mass is 16.5. The molecule has 0 amide bonds. The molecule has 0 aromatic heterocycles. The second-order valence-corrected chi connectivity index (χ2v) is 4.88. The molecule has 0 aromatic rings. The molecule has 18 heavy (non-hydrogen) atoms. The van der Waals surface area contributed by atoms with Gasteiger partial charge < -0.3 is 19.5 Å². The zero-order valence-corrected chi connectivity index (χ0v) is 11.4. The lowest BCUT2D eigenvalue weighted by Gasteiger charge is -2.35. The molecule has 0 aliphatic carbocycles. The van der Waals surface area contributed by atoms with Crippen LogP contribution < -0.4 is 0 Å². The molecule has 0 bridgehead atoms. The first-order valence-electron chi connectivity index (χ1n) is 6.70. The number of piperidine rings is 1. The molecule has 1 fully saturated rings. The normalized spacial score (nSPS) is 19.9. The second-order valence-electron chi connectivity index (χ2n) is 4.88. The van der Waals surface area contributed by atoms with Crippen molar-refractivity contribution in [3.63, 3.8) is 0 Å². The average molecular weight is 259 g/mol. The van der Waals surface area contributed by atoms with Gasteiger partial charge in [0, 0.05) is 32.8 Å². The average Bonchev–Trinajstić information content (AvgIpc) is 2.36. The minimum atomic E-state index is -0.791. The Balaban J connectivity index is 2.14. The molecular formula is C13H25NO4. The van der Waals surface area contributed by atoms with Gasteiger partial charge in [0.05, 0.1) is 19.1 Å². The van der Waals surface area contributed by atoms with Gasteiger partial charge in [-0.25, -0.2) is 0 Å². The third kappa shape index (κ3) is 5.80. The molecule has 0 aromatic carbocycles. The maximum Gasteiger partial charge on any atom is 0.305 e. The van der Waals surface area contributed by atoms with Gasteiger partial charge in [-0.3, -0.25) is 4.79 Å². The third-order valence-corrected chi connectivity index (χ3v) is 3.51. The van der Waals surface area contributed by atoms with Crippen LogP contribution in [0.3, 0.4) is 0 Å². The van der Waals surface area contributed by atoms with E-state index in [0.717, 1.165) is 39.0 Å². The molecule has 0 radical (unpaired) electrons. The van der Waals surface area contributed by atoms with Gasteiger partial charge in [-0.1, -0.05) is 0 Å². The zero-order chi connectivity index (χ0) is 13.4. The molecule has 1 heterocycles. The highest BCUT2D eigenvalue weighted by Gasteiger charge is 2.22. The van der Waals surface area contributed by atoms with Crippen molar-refractivity contribution in [2.45, 2.75) is 44.8 Å². The molecule has 1 saturated heterocycles. The van der Waals surface area contributed by atoms with Crippen molar-refractivity contribution >= 4 is 5.97 Å². The Morgan fingerprint density at radius 3 is 2.61 bits per heavy atom. The summed E-state index contributed by atoms with van der Waals surface area (Å²) >= 11 is 0. The lowest BCUT2D eigenvalue weighted by Crippen LogP contribution is -2.42. The van der Waals surface area contributed by atoms with E-state index in [1.807, 2.05) is 0 Å². The summed E-state index contributed by atoms with van der Waals surface area (Å²) in [5.41, 5.74) is 0. The summed E-state index contributed by atoms with van der Waals surface area (Å²) in [7, 11) is 1.73. The maximum absolute atomic E-state index is 10.4. The molecule has 5 heteroatoms. The van der Waals surface area contributed by atoms with Crippen molar-refractivity contribution in [2.75, 3.05) is 33.4 Å². The standard InChI is InChI=1S/C13H25NO4/c1-11(5-9-17-2)14-7-3-12(4-8-14)18-10-6-13(15)16/h11-12H,3-10H2,1-2H3,(H,15,16). The molecule has 0 saturated carbocycles. The molecule has 0 spiro atoms. The number of likely N-dealkylation sites (tertiary alicyclic amines) is 1. The molecule has 1 N–H and O–H groups in total. The Labute approximate surface area is 109 Å². The number of hydrogen-bond acceptors (Lipinski definition) is 4. The number of aliphatic carboxylic acids is 1. The summed E-state index contributed by atoms with van der Waals surface area (Å²) in [4.78, 5) is 12.8. The molecule has 1 aliphatic heterocycles. The molecular weight excluding hydrogens is 234 g/mol. The molecule has 5 nitrogen and oxygen atoms in total. The Morgan fingerprint density at radius 2 is 2.06 bits per heavy atom. The molecule has 106 valence electrons. The second kappa shape index (κ2) is 8.45. The first kappa shape index (κ1) is 15.4. The largest absolute Gasteiger partial charge is 0.481 e. The van der Waals surface area contributed by atoms with Crippen LogP contribution in [-0.4, -0.2) is 61.5 Å². The van der Waals surface area contributed by atoms with E-state index >= 15 is 0 Å². The number of rotatable bonds is 8. The molecule has 1 atom stereocenters. The summed E-state index contributed by atoms with van der Waals surface area (Å²) in [6, 6.07) is 0.546. The van der Waals surface area contributed by atoms with Crippen molar-refractivity contribution < 1.29 is 19.4 Å². The summed E-state index contributed by atoms with van der Waals surface area (Å²) in [6.07, 6.45) is 3.38. The van der Waals surface area contributed by atoms with E-state index in [1.165, 1.54) is 0 Å². The maximum atomic E-state index is 10.4. The number of nitrogens with zero attached hydrogens (tertiary/aromatic N) is 1. The third-order valence-electron chi connectivity index (χ3n) is 3.51. The fourth-order valence-electron chi connectivity index (χ4n) is 2.27. The van der Waals surface area contributed by atoms with Crippen LogP contribution >= 0.6 is 0 Å². The predicted octanol–water partition coefficient (Wildman–Crippen LogP) is 1.37. The fourth-order valence-corrected chi connectivity index (χ4v) is 2.27. The van der Waals surface area contributed by atoms with Gasteiger partial charge in [0.15, 0.2) is 0 Å². The SMILES string of the molecule is COCCC(C)N1CCC(OCCC(=O)O)CC1. The smallest absolute Gasteiger partial charge is 0.305 e. The number of hydrogen-bond donors (Lipinski definition) is 1. The van der Waals surface area contributed by atoms with E-state index in [0.29, 0.717) is 12.6 Å². The Morgan fingerprint density at radius 1 is 1.39 bits per heavy atom. The highest BCUT2D eigenvalue weighted by molar-refractivity contribution is 5.66. The first-order chi connectivity index (χ1) is 8.63. The lowest BCUT2D eigenvalue weighted by molar-refractivity contribution is -0.138. The van der Waals surface area contributed by atoms with E-state index in [9.17, 15) is 4.79 Å². The van der Waals surface area contributed by atoms with Gasteiger partial charge in [-0.15, -0.1) is 0 Å². The van der Waals surface area contributed by atoms with Crippen LogP contribution in [0, 0.1) is 0 Å². The number of carboxylic acids is 1. The summed E-state index contributed by atoms with van der Waals surface area (Å²) < 4.78 is 10.7. The van der Waals surface area contributed by atoms with Gasteiger partial charge in [0.25, 0.3) is 0 Å². The quantitative estimate of drug-likeness (QED) is 0.713. The van der Waals surface area contributed by atoms with E-state index < -0.39 is 5.97 Å². The van der Waals surface area contributed by atoms with Crippen molar-refractivity contribution in [1.29, 1.82) is 0 Å². The zero-order valence-electron chi connectivity index (χ0n) is 11.4. The summed E-state index contributed by atoms with van der Waals surface area (Å²) in [5, 5.41) is 8.54. The highest BCUT2D eigenvalue weighted by Crippen LogP contribution is 2.17. The number of ether oxygens (including phenoxy) is 2. The summed E-state index contributed by atoms with van der Waals surface area (Å²) in [5.74, 6) is -0.791. The van der Waals surface area contributed by atoms with Crippen molar-refractivity contribution in [1.82, 2.24) is 4.90 Å². The van der Waals surface area contributed by atoms with Crippen LogP contribution in [0.4, 0.5) is 0 Å². The van der Waals surface area contributed by atoms with Crippen LogP contribution in [0.5, 0.6) is 0 Å². The van der Waals surface area contributed by atoms with E-state index in [2.05, 4.69) is 11.8 Å². The van der Waals surface area contributed by atoms with Crippen molar-refractivity contribution in [3.05, 3.63) is 0 Å². The minimum Gasteiger partial charge on any atom is -0.481 e. The monoisotopic (exact) mass is 259 g/mol. The minimum absolute atomic E-state index is 0.102. The van der Waals surface area contributed by atoms with Crippen molar-refractivity contribution in [2.24, 2.45) is 0 Å². The predicted molar refractivity (Wildman–Crippen MR) is 68.8 cm³/mol. The van der Waals surface area contributed by atoms with Crippen LogP contribution in [0.1, 0.15) is 32.6 Å². The first-order valence-corrected chi connectivity index (χ1v) is 6.70. The molecule has 1 rings (SSSR count). The van der Waals surface area contributed by atoms with Crippen LogP contribution in [-0.2, 0) is 14.3 Å². The van der Waals surface area contributed by atoms with Crippen LogP contribution in [0.15, 0.2) is 0 Å². The van der Waals surface area contributed by atoms with Crippen LogP contribution in [0.25, 0.3) is 0 Å². The Bertz CT molecular complexity index is 239. The van der Waals surface area contributed by atoms with Gasteiger partial charge in [-0.05, 0) is 26.2 Å². The molecule has 1 aliphatic rings. The summed E-state index contributed by atoms with van der Waals surface area (Å²) in [6.45, 7) is 5.42. The van der Waals surface area contributed by atoms with Gasteiger partial charge in [0.2, 0.25) is 0 Å². The fraction of sp³-hybridized carbons (Fsp3) is 0.923. The van der Waals surface area contributed by atoms with Crippen molar-refractivity contribution in [3.8, 4) is 0 Å². The van der Waals surface area contributed by atoms with E-state index in [1.54, 1.807) is 7.11 Å². The lowest BCUT2D eigenvalue weighted by atomic mass is 10.0. The van der Waals surface area contributed by atoms with Crippen LogP contribution in [0.2, 0.25) is 0 Å².